The summed E-state index contributed by atoms with van der Waals surface area (Å²) < 4.78 is 22.1. The first-order chi connectivity index (χ1) is 12.9. The Kier molecular flexibility index (Phi) is 4.60. The van der Waals surface area contributed by atoms with Gasteiger partial charge < -0.3 is 9.64 Å². The second-order valence-electron chi connectivity index (χ2n) is 6.86. The molecule has 1 aromatic heterocycles. The lowest BCUT2D eigenvalue weighted by Crippen LogP contribution is -2.44. The molecule has 3 aliphatic rings. The molecule has 0 radical (unpaired) electrons. The SMILES string of the molecule is C[C@@H]1COCCN1c1cc(N=S(C)(C)=O)nc(C2=NC=NC3=NC=CC32)n1. The smallest absolute Gasteiger partial charge is 0.179 e. The monoisotopic (exact) mass is 387 g/mol. The Morgan fingerprint density at radius 3 is 2.93 bits per heavy atom. The molecule has 2 atom stereocenters. The number of morpholine rings is 1. The molecule has 1 aromatic rings. The molecule has 0 aromatic carbocycles. The molecule has 1 unspecified atom stereocenters. The van der Waals surface area contributed by atoms with Gasteiger partial charge in [0.2, 0.25) is 0 Å². The van der Waals surface area contributed by atoms with Crippen LogP contribution in [-0.2, 0) is 14.5 Å². The third-order valence-electron chi connectivity index (χ3n) is 4.35. The van der Waals surface area contributed by atoms with Crippen molar-refractivity contribution in [2.24, 2.45) is 25.3 Å². The number of hydrogen-bond donors (Lipinski definition) is 0. The molecule has 142 valence electrons. The standard InChI is InChI=1S/C17H21N7O2S/c1-11-9-26-7-6-24(11)14-8-13(23-27(2,3)25)21-17(22-14)15-12-4-5-18-16(12)20-10-19-15/h4-5,8,10-12H,6-7,9H2,1-3H3/t11-,12?/m1/s1. The van der Waals surface area contributed by atoms with Crippen molar-refractivity contribution in [3.05, 3.63) is 24.2 Å². The molecular formula is C17H21N7O2S. The highest BCUT2D eigenvalue weighted by Gasteiger charge is 2.29. The maximum absolute atomic E-state index is 12.2. The summed E-state index contributed by atoms with van der Waals surface area (Å²) in [4.78, 5) is 24.3. The Hall–Kier alpha value is -2.46. The van der Waals surface area contributed by atoms with Crippen LogP contribution in [0.3, 0.4) is 0 Å². The van der Waals surface area contributed by atoms with Crippen molar-refractivity contribution in [3.8, 4) is 0 Å². The summed E-state index contributed by atoms with van der Waals surface area (Å²) in [5, 5.41) is 0. The van der Waals surface area contributed by atoms with Crippen molar-refractivity contribution < 1.29 is 8.95 Å². The minimum absolute atomic E-state index is 0.167. The minimum atomic E-state index is -2.37. The summed E-state index contributed by atoms with van der Waals surface area (Å²) in [5.41, 5.74) is 0.662. The zero-order chi connectivity index (χ0) is 19.0. The molecule has 27 heavy (non-hydrogen) atoms. The summed E-state index contributed by atoms with van der Waals surface area (Å²) in [6.07, 6.45) is 8.26. The summed E-state index contributed by atoms with van der Waals surface area (Å²) in [6, 6.07) is 1.94. The van der Waals surface area contributed by atoms with Crippen LogP contribution in [0.15, 0.2) is 37.7 Å². The minimum Gasteiger partial charge on any atom is -0.377 e. The Morgan fingerprint density at radius 2 is 2.15 bits per heavy atom. The number of aliphatic imine (C=N–C) groups is 3. The van der Waals surface area contributed by atoms with Gasteiger partial charge in [-0.2, -0.15) is 4.36 Å². The topological polar surface area (TPSA) is 105 Å². The van der Waals surface area contributed by atoms with Gasteiger partial charge in [-0.1, -0.05) is 0 Å². The molecule has 0 N–H and O–H groups in total. The first-order valence-corrected chi connectivity index (χ1v) is 11.0. The van der Waals surface area contributed by atoms with Gasteiger partial charge in [0, 0.05) is 41.1 Å². The molecule has 0 aliphatic carbocycles. The second-order valence-corrected chi connectivity index (χ2v) is 9.41. The average molecular weight is 387 g/mol. The number of amidine groups is 1. The van der Waals surface area contributed by atoms with Crippen LogP contribution in [0.25, 0.3) is 0 Å². The summed E-state index contributed by atoms with van der Waals surface area (Å²) in [6.45, 7) is 4.05. The lowest BCUT2D eigenvalue weighted by Gasteiger charge is -2.34. The quantitative estimate of drug-likeness (QED) is 0.780. The van der Waals surface area contributed by atoms with Crippen LogP contribution < -0.4 is 4.90 Å². The van der Waals surface area contributed by atoms with Crippen LogP contribution in [0.1, 0.15) is 12.7 Å². The van der Waals surface area contributed by atoms with Gasteiger partial charge in [-0.3, -0.25) is 0 Å². The largest absolute Gasteiger partial charge is 0.377 e. The van der Waals surface area contributed by atoms with Gasteiger partial charge in [-0.15, -0.1) is 0 Å². The van der Waals surface area contributed by atoms with Crippen molar-refractivity contribution in [3.63, 3.8) is 0 Å². The molecule has 1 saturated heterocycles. The normalized spacial score (nSPS) is 24.5. The summed E-state index contributed by atoms with van der Waals surface area (Å²) in [5.74, 6) is 2.05. The first-order valence-electron chi connectivity index (χ1n) is 8.66. The van der Waals surface area contributed by atoms with E-state index in [0.29, 0.717) is 42.9 Å². The number of hydrogen-bond acceptors (Lipinski definition) is 9. The molecular weight excluding hydrogens is 366 g/mol. The summed E-state index contributed by atoms with van der Waals surface area (Å²) in [7, 11) is -2.37. The van der Waals surface area contributed by atoms with Gasteiger partial charge in [-0.05, 0) is 13.0 Å². The predicted molar refractivity (Wildman–Crippen MR) is 107 cm³/mol. The Morgan fingerprint density at radius 1 is 1.30 bits per heavy atom. The van der Waals surface area contributed by atoms with Crippen LogP contribution in [-0.4, -0.2) is 70.4 Å². The third-order valence-corrected chi connectivity index (χ3v) is 4.98. The van der Waals surface area contributed by atoms with Crippen LogP contribution >= 0.6 is 0 Å². The molecule has 4 heterocycles. The predicted octanol–water partition coefficient (Wildman–Crippen LogP) is 1.43. The summed E-state index contributed by atoms with van der Waals surface area (Å²) >= 11 is 0. The van der Waals surface area contributed by atoms with E-state index >= 15 is 0 Å². The number of nitrogens with zero attached hydrogens (tertiary/aromatic N) is 7. The van der Waals surface area contributed by atoms with Crippen molar-refractivity contribution in [2.45, 2.75) is 13.0 Å². The van der Waals surface area contributed by atoms with E-state index in [-0.39, 0.29) is 12.0 Å². The van der Waals surface area contributed by atoms with Crippen molar-refractivity contribution in [2.75, 3.05) is 37.2 Å². The molecule has 0 spiro atoms. The van der Waals surface area contributed by atoms with Crippen LogP contribution in [0, 0.1) is 5.92 Å². The fourth-order valence-electron chi connectivity index (χ4n) is 3.15. The Balaban J connectivity index is 1.82. The van der Waals surface area contributed by atoms with Crippen LogP contribution in [0.5, 0.6) is 0 Å². The zero-order valence-electron chi connectivity index (χ0n) is 15.4. The lowest BCUT2D eigenvalue weighted by atomic mass is 10.0. The molecule has 0 bridgehead atoms. The Bertz CT molecular complexity index is 997. The van der Waals surface area contributed by atoms with E-state index in [1.54, 1.807) is 24.8 Å². The van der Waals surface area contributed by atoms with Gasteiger partial charge in [-0.25, -0.2) is 29.2 Å². The molecule has 4 rings (SSSR count). The second kappa shape index (κ2) is 6.93. The fourth-order valence-corrected chi connectivity index (χ4v) is 3.69. The van der Waals surface area contributed by atoms with Gasteiger partial charge in [0.1, 0.15) is 23.7 Å². The number of rotatable bonds is 3. The maximum atomic E-state index is 12.2. The van der Waals surface area contributed by atoms with E-state index < -0.39 is 9.73 Å². The molecule has 0 amide bonds. The van der Waals surface area contributed by atoms with E-state index in [2.05, 4.69) is 36.1 Å². The van der Waals surface area contributed by atoms with Crippen molar-refractivity contribution in [1.29, 1.82) is 0 Å². The van der Waals surface area contributed by atoms with E-state index in [4.69, 9.17) is 9.72 Å². The number of fused-ring (bicyclic) bond motifs is 1. The van der Waals surface area contributed by atoms with Gasteiger partial charge in [0.15, 0.2) is 11.6 Å². The number of aromatic nitrogens is 2. The highest BCUT2D eigenvalue weighted by Crippen LogP contribution is 2.26. The number of ether oxygens (including phenoxy) is 1. The lowest BCUT2D eigenvalue weighted by molar-refractivity contribution is 0.0985. The molecule has 10 heteroatoms. The Labute approximate surface area is 158 Å². The molecule has 1 fully saturated rings. The van der Waals surface area contributed by atoms with Crippen LogP contribution in [0.2, 0.25) is 0 Å². The fraction of sp³-hybridized carbons (Fsp3) is 0.471. The zero-order valence-corrected chi connectivity index (χ0v) is 16.3. The molecule has 0 saturated carbocycles. The maximum Gasteiger partial charge on any atom is 0.179 e. The van der Waals surface area contributed by atoms with E-state index in [1.807, 2.05) is 6.08 Å². The highest BCUT2D eigenvalue weighted by atomic mass is 32.2. The first kappa shape index (κ1) is 17.9. The highest BCUT2D eigenvalue weighted by molar-refractivity contribution is 7.92. The number of anilines is 1. The van der Waals surface area contributed by atoms with Gasteiger partial charge in [0.05, 0.1) is 25.2 Å². The average Bonchev–Trinajstić information content (AvgIpc) is 3.09. The van der Waals surface area contributed by atoms with Crippen molar-refractivity contribution >= 4 is 39.3 Å². The molecule has 9 nitrogen and oxygen atoms in total. The van der Waals surface area contributed by atoms with E-state index in [1.165, 1.54) is 6.34 Å². The van der Waals surface area contributed by atoms with E-state index in [0.717, 1.165) is 5.82 Å². The third kappa shape index (κ3) is 3.81. The van der Waals surface area contributed by atoms with Gasteiger partial charge >= 0.3 is 0 Å². The van der Waals surface area contributed by atoms with E-state index in [9.17, 15) is 4.21 Å². The van der Waals surface area contributed by atoms with Crippen molar-refractivity contribution in [1.82, 2.24) is 9.97 Å². The molecule has 3 aliphatic heterocycles. The van der Waals surface area contributed by atoms with Gasteiger partial charge in [0.25, 0.3) is 0 Å². The van der Waals surface area contributed by atoms with Crippen LogP contribution in [0.4, 0.5) is 11.6 Å².